The van der Waals surface area contributed by atoms with Crippen molar-refractivity contribution in [3.05, 3.63) is 70.8 Å². The van der Waals surface area contributed by atoms with Gasteiger partial charge >= 0.3 is 12.4 Å². The minimum absolute atomic E-state index is 0.0324. The molecule has 1 aliphatic rings. The van der Waals surface area contributed by atoms with Crippen LogP contribution >= 0.6 is 0 Å². The lowest BCUT2D eigenvalue weighted by Crippen LogP contribution is -2.49. The van der Waals surface area contributed by atoms with Gasteiger partial charge in [0.2, 0.25) is 0 Å². The van der Waals surface area contributed by atoms with E-state index in [-0.39, 0.29) is 54.9 Å². The van der Waals surface area contributed by atoms with E-state index in [1.807, 2.05) is 0 Å². The molecule has 1 fully saturated rings. The summed E-state index contributed by atoms with van der Waals surface area (Å²) in [5.41, 5.74) is -0.967. The van der Waals surface area contributed by atoms with E-state index in [0.29, 0.717) is 5.39 Å². The van der Waals surface area contributed by atoms with Gasteiger partial charge in [0.1, 0.15) is 5.52 Å². The highest BCUT2D eigenvalue weighted by molar-refractivity contribution is 5.78. The second-order valence-electron chi connectivity index (χ2n) is 8.53. The molecule has 0 N–H and O–H groups in total. The Labute approximate surface area is 205 Å². The number of hydrogen-bond acceptors (Lipinski definition) is 6. The van der Waals surface area contributed by atoms with Crippen molar-refractivity contribution in [1.29, 1.82) is 0 Å². The van der Waals surface area contributed by atoms with Crippen molar-refractivity contribution >= 4 is 16.9 Å². The zero-order valence-corrected chi connectivity index (χ0v) is 19.1. The van der Waals surface area contributed by atoms with Crippen LogP contribution < -0.4 is 10.5 Å². The highest BCUT2D eigenvalue weighted by atomic mass is 19.4. The molecule has 0 unspecified atom stereocenters. The molecule has 3 aromatic heterocycles. The third-order valence-corrected chi connectivity index (χ3v) is 6.01. The van der Waals surface area contributed by atoms with Crippen molar-refractivity contribution in [2.45, 2.75) is 12.4 Å². The number of pyridine rings is 2. The standard InChI is InChI=1S/C24H19F6N5O2/c25-23(26,27)14-33-10-12-34(13-11-33)22-32-20(35-9-7-15-2-1-8-31-18(15)21(35)36)19(37-22)16-3-5-17(6-4-16)24(28,29)30/h1-9H,10-14H2. The molecule has 4 heterocycles. The Balaban J connectivity index is 1.55. The Bertz CT molecular complexity index is 1470. The topological polar surface area (TPSA) is 67.4 Å². The van der Waals surface area contributed by atoms with Gasteiger partial charge in [-0.15, -0.1) is 0 Å². The minimum atomic E-state index is -4.54. The molecular formula is C24H19F6N5O2. The van der Waals surface area contributed by atoms with Crippen LogP contribution in [-0.4, -0.2) is 58.3 Å². The van der Waals surface area contributed by atoms with Gasteiger partial charge < -0.3 is 9.32 Å². The number of hydrogen-bond donors (Lipinski definition) is 0. The van der Waals surface area contributed by atoms with Crippen molar-refractivity contribution in [2.24, 2.45) is 0 Å². The second kappa shape index (κ2) is 9.21. The number of benzene rings is 1. The van der Waals surface area contributed by atoms with Gasteiger partial charge in [0, 0.05) is 49.5 Å². The molecule has 1 saturated heterocycles. The van der Waals surface area contributed by atoms with Crippen LogP contribution in [0.25, 0.3) is 28.0 Å². The van der Waals surface area contributed by atoms with E-state index < -0.39 is 30.0 Å². The van der Waals surface area contributed by atoms with Crippen LogP contribution in [-0.2, 0) is 6.18 Å². The number of piperazine rings is 1. The maximum absolute atomic E-state index is 13.2. The predicted molar refractivity (Wildman–Crippen MR) is 123 cm³/mol. The SMILES string of the molecule is O=c1c2ncccc2ccn1-c1nc(N2CCN(CC(F)(F)F)CC2)oc1-c1ccc(C(F)(F)F)cc1. The lowest BCUT2D eigenvalue weighted by atomic mass is 10.1. The summed E-state index contributed by atoms with van der Waals surface area (Å²) in [6, 6.07) is 9.27. The van der Waals surface area contributed by atoms with Crippen molar-refractivity contribution in [2.75, 3.05) is 37.6 Å². The summed E-state index contributed by atoms with van der Waals surface area (Å²) in [5, 5.41) is 0.587. The average Bonchev–Trinajstić information content (AvgIpc) is 3.29. The molecular weight excluding hydrogens is 504 g/mol. The van der Waals surface area contributed by atoms with E-state index >= 15 is 0 Å². The molecule has 0 bridgehead atoms. The highest BCUT2D eigenvalue weighted by Gasteiger charge is 2.34. The summed E-state index contributed by atoms with van der Waals surface area (Å²) in [7, 11) is 0. The third kappa shape index (κ3) is 5.17. The van der Waals surface area contributed by atoms with E-state index in [1.165, 1.54) is 34.0 Å². The molecule has 194 valence electrons. The van der Waals surface area contributed by atoms with E-state index in [9.17, 15) is 31.1 Å². The second-order valence-corrected chi connectivity index (χ2v) is 8.53. The zero-order chi connectivity index (χ0) is 26.4. The molecule has 37 heavy (non-hydrogen) atoms. The Morgan fingerprint density at radius 1 is 0.919 bits per heavy atom. The van der Waals surface area contributed by atoms with Gasteiger partial charge in [-0.3, -0.25) is 19.2 Å². The summed E-state index contributed by atoms with van der Waals surface area (Å²) in [6.45, 7) is -0.472. The Morgan fingerprint density at radius 2 is 1.62 bits per heavy atom. The molecule has 4 aromatic rings. The number of nitrogens with zero attached hydrogens (tertiary/aromatic N) is 5. The predicted octanol–water partition coefficient (Wildman–Crippen LogP) is 4.74. The van der Waals surface area contributed by atoms with Gasteiger partial charge in [-0.1, -0.05) is 18.2 Å². The van der Waals surface area contributed by atoms with Gasteiger partial charge in [0.15, 0.2) is 11.6 Å². The zero-order valence-electron chi connectivity index (χ0n) is 19.1. The third-order valence-electron chi connectivity index (χ3n) is 6.01. The normalized spacial score (nSPS) is 15.5. The number of anilines is 1. The fourth-order valence-electron chi connectivity index (χ4n) is 4.18. The summed E-state index contributed by atoms with van der Waals surface area (Å²) in [5.74, 6) is 0.0730. The van der Waals surface area contributed by atoms with Crippen molar-refractivity contribution in [3.63, 3.8) is 0 Å². The Kier molecular flexibility index (Phi) is 6.18. The molecule has 5 rings (SSSR count). The first-order valence-corrected chi connectivity index (χ1v) is 11.2. The van der Waals surface area contributed by atoms with Crippen LogP contribution in [0.3, 0.4) is 0 Å². The lowest BCUT2D eigenvalue weighted by molar-refractivity contribution is -0.146. The van der Waals surface area contributed by atoms with Crippen LogP contribution in [0.2, 0.25) is 0 Å². The number of fused-ring (bicyclic) bond motifs is 1. The summed E-state index contributed by atoms with van der Waals surface area (Å²) in [4.78, 5) is 24.7. The van der Waals surface area contributed by atoms with Crippen LogP contribution in [0, 0.1) is 0 Å². The van der Waals surface area contributed by atoms with Crippen molar-refractivity contribution in [1.82, 2.24) is 19.4 Å². The highest BCUT2D eigenvalue weighted by Crippen LogP contribution is 2.35. The van der Waals surface area contributed by atoms with Gasteiger partial charge in [-0.05, 0) is 24.3 Å². The first-order chi connectivity index (χ1) is 17.5. The first-order valence-electron chi connectivity index (χ1n) is 11.2. The molecule has 0 radical (unpaired) electrons. The molecule has 0 aliphatic carbocycles. The molecule has 1 aromatic carbocycles. The minimum Gasteiger partial charge on any atom is -0.421 e. The fraction of sp³-hybridized carbons (Fsp3) is 0.292. The Hall–Kier alpha value is -3.87. The summed E-state index contributed by atoms with van der Waals surface area (Å²) in [6.07, 6.45) is -5.94. The van der Waals surface area contributed by atoms with Gasteiger partial charge in [0.05, 0.1) is 12.1 Å². The monoisotopic (exact) mass is 523 g/mol. The van der Waals surface area contributed by atoms with Gasteiger partial charge in [-0.2, -0.15) is 31.3 Å². The number of aromatic nitrogens is 3. The maximum atomic E-state index is 13.2. The van der Waals surface area contributed by atoms with Crippen molar-refractivity contribution < 1.29 is 30.8 Å². The van der Waals surface area contributed by atoms with Gasteiger partial charge in [0.25, 0.3) is 11.6 Å². The smallest absolute Gasteiger partial charge is 0.416 e. The molecule has 0 spiro atoms. The van der Waals surface area contributed by atoms with E-state index in [1.54, 1.807) is 23.1 Å². The maximum Gasteiger partial charge on any atom is 0.416 e. The van der Waals surface area contributed by atoms with E-state index in [0.717, 1.165) is 12.1 Å². The molecule has 0 atom stereocenters. The van der Waals surface area contributed by atoms with Crippen LogP contribution in [0.5, 0.6) is 0 Å². The number of rotatable bonds is 4. The van der Waals surface area contributed by atoms with Crippen LogP contribution in [0.15, 0.2) is 64.1 Å². The summed E-state index contributed by atoms with van der Waals surface area (Å²) >= 11 is 0. The van der Waals surface area contributed by atoms with Crippen LogP contribution in [0.1, 0.15) is 5.56 Å². The van der Waals surface area contributed by atoms with E-state index in [4.69, 9.17) is 4.42 Å². The number of oxazole rings is 1. The largest absolute Gasteiger partial charge is 0.421 e. The fourth-order valence-corrected chi connectivity index (χ4v) is 4.18. The lowest BCUT2D eigenvalue weighted by Gasteiger charge is -2.34. The van der Waals surface area contributed by atoms with Gasteiger partial charge in [-0.25, -0.2) is 0 Å². The Morgan fingerprint density at radius 3 is 2.27 bits per heavy atom. The average molecular weight is 523 g/mol. The van der Waals surface area contributed by atoms with Crippen LogP contribution in [0.4, 0.5) is 32.4 Å². The van der Waals surface area contributed by atoms with Crippen molar-refractivity contribution in [3.8, 4) is 17.1 Å². The molecule has 1 aliphatic heterocycles. The number of halogens is 6. The quantitative estimate of drug-likeness (QED) is 0.360. The first kappa shape index (κ1) is 24.8. The molecule has 7 nitrogen and oxygen atoms in total. The molecule has 13 heteroatoms. The summed E-state index contributed by atoms with van der Waals surface area (Å²) < 4.78 is 84.6. The molecule has 0 amide bonds. The molecule has 0 saturated carbocycles. The van der Waals surface area contributed by atoms with E-state index in [2.05, 4.69) is 9.97 Å². The number of alkyl halides is 6.